The zero-order valence-corrected chi connectivity index (χ0v) is 14.2. The van der Waals surface area contributed by atoms with E-state index in [0.717, 1.165) is 0 Å². The predicted octanol–water partition coefficient (Wildman–Crippen LogP) is 1.59. The van der Waals surface area contributed by atoms with E-state index >= 15 is 0 Å². The van der Waals surface area contributed by atoms with Crippen LogP contribution >= 0.6 is 11.6 Å². The second-order valence-electron chi connectivity index (χ2n) is 4.93. The maximum absolute atomic E-state index is 12.8. The smallest absolute Gasteiger partial charge is 0.246 e. The molecule has 1 heterocycles. The molecule has 1 aromatic carbocycles. The van der Waals surface area contributed by atoms with Gasteiger partial charge in [-0.2, -0.15) is 4.31 Å². The SMILES string of the molecule is CCOc1ccc(Cl)cc1S(=O)(=O)N1CCN(C(C)=O)CC1. The number of carbonyl (C=O) groups is 1. The molecule has 122 valence electrons. The number of sulfonamides is 1. The highest BCUT2D eigenvalue weighted by Gasteiger charge is 2.31. The summed E-state index contributed by atoms with van der Waals surface area (Å²) < 4.78 is 32.4. The predicted molar refractivity (Wildman–Crippen MR) is 83.6 cm³/mol. The fourth-order valence-electron chi connectivity index (χ4n) is 2.34. The summed E-state index contributed by atoms with van der Waals surface area (Å²) >= 11 is 5.94. The Labute approximate surface area is 135 Å². The van der Waals surface area contributed by atoms with Crippen molar-refractivity contribution in [3.05, 3.63) is 23.2 Å². The number of hydrogen-bond acceptors (Lipinski definition) is 4. The van der Waals surface area contributed by atoms with Crippen molar-refractivity contribution >= 4 is 27.5 Å². The quantitative estimate of drug-likeness (QED) is 0.830. The molecular formula is C14H19ClN2O4S. The Kier molecular flexibility index (Phi) is 5.31. The molecule has 1 aliphatic rings. The van der Waals surface area contributed by atoms with E-state index in [-0.39, 0.29) is 23.9 Å². The van der Waals surface area contributed by atoms with Gasteiger partial charge in [-0.15, -0.1) is 0 Å². The maximum atomic E-state index is 12.8. The Morgan fingerprint density at radius 3 is 2.45 bits per heavy atom. The fraction of sp³-hybridized carbons (Fsp3) is 0.500. The standard InChI is InChI=1S/C14H19ClN2O4S/c1-3-21-13-5-4-12(15)10-14(13)22(19,20)17-8-6-16(7-9-17)11(2)18/h4-5,10H,3,6-9H2,1-2H3. The highest BCUT2D eigenvalue weighted by molar-refractivity contribution is 7.89. The Morgan fingerprint density at radius 2 is 1.91 bits per heavy atom. The normalized spacial score (nSPS) is 16.6. The van der Waals surface area contributed by atoms with Gasteiger partial charge < -0.3 is 9.64 Å². The van der Waals surface area contributed by atoms with Crippen LogP contribution in [0.3, 0.4) is 0 Å². The summed E-state index contributed by atoms with van der Waals surface area (Å²) in [6.07, 6.45) is 0. The van der Waals surface area contributed by atoms with Gasteiger partial charge in [0.2, 0.25) is 15.9 Å². The zero-order valence-electron chi connectivity index (χ0n) is 12.6. The summed E-state index contributed by atoms with van der Waals surface area (Å²) in [5.74, 6) is 0.246. The average molecular weight is 347 g/mol. The number of piperazine rings is 1. The van der Waals surface area contributed by atoms with Crippen LogP contribution in [0.4, 0.5) is 0 Å². The van der Waals surface area contributed by atoms with Crippen molar-refractivity contribution in [2.24, 2.45) is 0 Å². The molecule has 2 rings (SSSR count). The lowest BCUT2D eigenvalue weighted by molar-refractivity contribution is -0.129. The maximum Gasteiger partial charge on any atom is 0.246 e. The van der Waals surface area contributed by atoms with Gasteiger partial charge in [-0.1, -0.05) is 11.6 Å². The summed E-state index contributed by atoms with van der Waals surface area (Å²) in [6.45, 7) is 4.94. The van der Waals surface area contributed by atoms with Crippen molar-refractivity contribution in [1.82, 2.24) is 9.21 Å². The molecule has 6 nitrogen and oxygen atoms in total. The molecule has 0 spiro atoms. The third-order valence-electron chi connectivity index (χ3n) is 3.51. The van der Waals surface area contributed by atoms with Crippen molar-refractivity contribution in [2.75, 3.05) is 32.8 Å². The molecule has 0 bridgehead atoms. The molecule has 0 radical (unpaired) electrons. The number of hydrogen-bond donors (Lipinski definition) is 0. The second kappa shape index (κ2) is 6.85. The van der Waals surface area contributed by atoms with E-state index in [1.807, 2.05) is 0 Å². The van der Waals surface area contributed by atoms with Gasteiger partial charge in [-0.25, -0.2) is 8.42 Å². The number of amides is 1. The molecule has 1 fully saturated rings. The van der Waals surface area contributed by atoms with Gasteiger partial charge in [0.15, 0.2) is 0 Å². The van der Waals surface area contributed by atoms with Gasteiger partial charge in [0.25, 0.3) is 0 Å². The van der Waals surface area contributed by atoms with Crippen LogP contribution in [-0.4, -0.2) is 56.3 Å². The fourth-order valence-corrected chi connectivity index (χ4v) is 4.16. The monoisotopic (exact) mass is 346 g/mol. The van der Waals surface area contributed by atoms with Crippen molar-refractivity contribution < 1.29 is 17.9 Å². The summed E-state index contributed by atoms with van der Waals surface area (Å²) in [7, 11) is -3.70. The molecule has 0 aliphatic carbocycles. The Bertz CT molecular complexity index is 655. The summed E-state index contributed by atoms with van der Waals surface area (Å²) in [5.41, 5.74) is 0. The first-order chi connectivity index (χ1) is 10.4. The van der Waals surface area contributed by atoms with Crippen LogP contribution < -0.4 is 4.74 Å². The molecule has 0 N–H and O–H groups in total. The summed E-state index contributed by atoms with van der Waals surface area (Å²) in [6, 6.07) is 4.56. The van der Waals surface area contributed by atoms with Crippen LogP contribution in [0.15, 0.2) is 23.1 Å². The van der Waals surface area contributed by atoms with Gasteiger partial charge in [0.1, 0.15) is 10.6 Å². The minimum Gasteiger partial charge on any atom is -0.492 e. The average Bonchev–Trinajstić information content (AvgIpc) is 2.49. The van der Waals surface area contributed by atoms with Crippen molar-refractivity contribution in [3.63, 3.8) is 0 Å². The number of benzene rings is 1. The molecule has 1 aromatic rings. The number of nitrogens with zero attached hydrogens (tertiary/aromatic N) is 2. The van der Waals surface area contributed by atoms with E-state index in [1.54, 1.807) is 24.0 Å². The van der Waals surface area contributed by atoms with E-state index in [9.17, 15) is 13.2 Å². The van der Waals surface area contributed by atoms with E-state index in [4.69, 9.17) is 16.3 Å². The minimum atomic E-state index is -3.70. The first kappa shape index (κ1) is 17.1. The molecule has 1 saturated heterocycles. The number of carbonyl (C=O) groups excluding carboxylic acids is 1. The van der Waals surface area contributed by atoms with E-state index in [2.05, 4.69) is 0 Å². The third kappa shape index (κ3) is 3.53. The van der Waals surface area contributed by atoms with E-state index in [0.29, 0.717) is 30.5 Å². The van der Waals surface area contributed by atoms with Gasteiger partial charge in [-0.05, 0) is 25.1 Å². The Hall–Kier alpha value is -1.31. The Balaban J connectivity index is 2.28. The van der Waals surface area contributed by atoms with E-state index < -0.39 is 10.0 Å². The van der Waals surface area contributed by atoms with Gasteiger partial charge >= 0.3 is 0 Å². The topological polar surface area (TPSA) is 66.9 Å². The molecule has 1 aliphatic heterocycles. The van der Waals surface area contributed by atoms with Crippen LogP contribution in [0.25, 0.3) is 0 Å². The largest absolute Gasteiger partial charge is 0.492 e. The van der Waals surface area contributed by atoms with Crippen molar-refractivity contribution in [2.45, 2.75) is 18.7 Å². The van der Waals surface area contributed by atoms with Crippen LogP contribution in [0.1, 0.15) is 13.8 Å². The van der Waals surface area contributed by atoms with Crippen LogP contribution in [0.2, 0.25) is 5.02 Å². The number of ether oxygens (including phenoxy) is 1. The molecular weight excluding hydrogens is 328 g/mol. The lowest BCUT2D eigenvalue weighted by Gasteiger charge is -2.33. The molecule has 0 atom stereocenters. The number of halogens is 1. The van der Waals surface area contributed by atoms with Crippen LogP contribution in [0.5, 0.6) is 5.75 Å². The second-order valence-corrected chi connectivity index (χ2v) is 7.28. The number of rotatable bonds is 4. The van der Waals surface area contributed by atoms with Crippen LogP contribution in [0, 0.1) is 0 Å². The first-order valence-electron chi connectivity index (χ1n) is 7.04. The van der Waals surface area contributed by atoms with Crippen molar-refractivity contribution in [1.29, 1.82) is 0 Å². The van der Waals surface area contributed by atoms with Gasteiger partial charge in [0.05, 0.1) is 6.61 Å². The van der Waals surface area contributed by atoms with Gasteiger partial charge in [-0.3, -0.25) is 4.79 Å². The highest BCUT2D eigenvalue weighted by atomic mass is 35.5. The lowest BCUT2D eigenvalue weighted by atomic mass is 10.3. The lowest BCUT2D eigenvalue weighted by Crippen LogP contribution is -2.49. The molecule has 8 heteroatoms. The highest BCUT2D eigenvalue weighted by Crippen LogP contribution is 2.30. The van der Waals surface area contributed by atoms with E-state index in [1.165, 1.54) is 17.3 Å². The van der Waals surface area contributed by atoms with Crippen molar-refractivity contribution in [3.8, 4) is 5.75 Å². The molecule has 0 aromatic heterocycles. The Morgan fingerprint density at radius 1 is 1.27 bits per heavy atom. The zero-order chi connectivity index (χ0) is 16.3. The third-order valence-corrected chi connectivity index (χ3v) is 5.66. The summed E-state index contributed by atoms with van der Waals surface area (Å²) in [4.78, 5) is 13.0. The molecule has 22 heavy (non-hydrogen) atoms. The minimum absolute atomic E-state index is 0.0465. The van der Waals surface area contributed by atoms with Crippen LogP contribution in [-0.2, 0) is 14.8 Å². The molecule has 1 amide bonds. The molecule has 0 saturated carbocycles. The molecule has 0 unspecified atom stereocenters. The van der Waals surface area contributed by atoms with Gasteiger partial charge in [0, 0.05) is 38.1 Å². The first-order valence-corrected chi connectivity index (χ1v) is 8.86. The summed E-state index contributed by atoms with van der Waals surface area (Å²) in [5, 5.41) is 0.337.